The molecule has 1 unspecified atom stereocenters. The molecule has 0 bridgehead atoms. The molecule has 27 heavy (non-hydrogen) atoms. The van der Waals surface area contributed by atoms with E-state index in [9.17, 15) is 9.59 Å². The van der Waals surface area contributed by atoms with E-state index in [2.05, 4.69) is 17.6 Å². The summed E-state index contributed by atoms with van der Waals surface area (Å²) in [5, 5.41) is 5.74. The second-order valence-electron chi connectivity index (χ2n) is 7.56. The number of nitrogens with one attached hydrogen (secondary N) is 2. The van der Waals surface area contributed by atoms with E-state index in [1.54, 1.807) is 48.5 Å². The maximum absolute atomic E-state index is 12.6. The Kier molecular flexibility index (Phi) is 6.61. The molecule has 0 saturated carbocycles. The maximum Gasteiger partial charge on any atom is 0.255 e. The standard InChI is InChI=1S/C22H28N2O3/c1-6-15(2)27-17-13-11-16(12-14-17)20(25)23-19-10-8-7-9-18(19)21(26)24-22(3,4)5/h7-15H,6H2,1-5H3,(H,23,25)(H,24,26). The van der Waals surface area contributed by atoms with Crippen molar-refractivity contribution in [3.05, 3.63) is 59.7 Å². The molecule has 2 aromatic carbocycles. The van der Waals surface area contributed by atoms with Crippen molar-refractivity contribution in [2.75, 3.05) is 5.32 Å². The maximum atomic E-state index is 12.6. The van der Waals surface area contributed by atoms with Crippen molar-refractivity contribution in [2.24, 2.45) is 0 Å². The summed E-state index contributed by atoms with van der Waals surface area (Å²) in [7, 11) is 0. The van der Waals surface area contributed by atoms with Crippen LogP contribution >= 0.6 is 0 Å². The first-order valence-corrected chi connectivity index (χ1v) is 9.19. The lowest BCUT2D eigenvalue weighted by Gasteiger charge is -2.21. The van der Waals surface area contributed by atoms with Crippen molar-refractivity contribution in [1.29, 1.82) is 0 Å². The number of ether oxygens (including phenoxy) is 1. The Bertz CT molecular complexity index is 792. The molecule has 5 heteroatoms. The van der Waals surface area contributed by atoms with E-state index in [4.69, 9.17) is 4.74 Å². The van der Waals surface area contributed by atoms with Crippen LogP contribution in [-0.4, -0.2) is 23.5 Å². The van der Waals surface area contributed by atoms with Crippen molar-refractivity contribution < 1.29 is 14.3 Å². The minimum atomic E-state index is -0.361. The predicted octanol–water partition coefficient (Wildman–Crippen LogP) is 4.64. The van der Waals surface area contributed by atoms with Gasteiger partial charge in [0, 0.05) is 11.1 Å². The highest BCUT2D eigenvalue weighted by Crippen LogP contribution is 2.19. The van der Waals surface area contributed by atoms with Crippen molar-refractivity contribution in [3.8, 4) is 5.75 Å². The molecule has 0 fully saturated rings. The van der Waals surface area contributed by atoms with Gasteiger partial charge in [-0.2, -0.15) is 0 Å². The summed E-state index contributed by atoms with van der Waals surface area (Å²) in [4.78, 5) is 25.1. The summed E-state index contributed by atoms with van der Waals surface area (Å²) < 4.78 is 5.73. The summed E-state index contributed by atoms with van der Waals surface area (Å²) in [5.74, 6) is 0.225. The zero-order valence-corrected chi connectivity index (χ0v) is 16.6. The number of para-hydroxylation sites is 1. The van der Waals surface area contributed by atoms with Gasteiger partial charge in [0.25, 0.3) is 11.8 Å². The normalized spacial score (nSPS) is 12.2. The Morgan fingerprint density at radius 1 is 1.00 bits per heavy atom. The Labute approximate surface area is 161 Å². The molecule has 0 radical (unpaired) electrons. The van der Waals surface area contributed by atoms with Crippen molar-refractivity contribution in [3.63, 3.8) is 0 Å². The third-order valence-corrected chi connectivity index (χ3v) is 3.94. The zero-order chi connectivity index (χ0) is 20.0. The van der Waals surface area contributed by atoms with Gasteiger partial charge in [-0.05, 0) is 70.5 Å². The van der Waals surface area contributed by atoms with E-state index in [-0.39, 0.29) is 23.5 Å². The van der Waals surface area contributed by atoms with Crippen LogP contribution in [0.1, 0.15) is 61.8 Å². The molecule has 0 aliphatic rings. The van der Waals surface area contributed by atoms with Crippen LogP contribution in [0.2, 0.25) is 0 Å². The van der Waals surface area contributed by atoms with Crippen LogP contribution < -0.4 is 15.4 Å². The lowest BCUT2D eigenvalue weighted by Crippen LogP contribution is -2.40. The first kappa shape index (κ1) is 20.5. The van der Waals surface area contributed by atoms with E-state index in [1.807, 2.05) is 27.7 Å². The van der Waals surface area contributed by atoms with Crippen LogP contribution in [0.5, 0.6) is 5.75 Å². The third-order valence-electron chi connectivity index (χ3n) is 3.94. The quantitative estimate of drug-likeness (QED) is 0.780. The van der Waals surface area contributed by atoms with Crippen LogP contribution in [0, 0.1) is 0 Å². The van der Waals surface area contributed by atoms with Crippen LogP contribution in [0.4, 0.5) is 5.69 Å². The second-order valence-corrected chi connectivity index (χ2v) is 7.56. The fraction of sp³-hybridized carbons (Fsp3) is 0.364. The number of hydrogen-bond donors (Lipinski definition) is 2. The highest BCUT2D eigenvalue weighted by Gasteiger charge is 2.19. The second kappa shape index (κ2) is 8.71. The summed E-state index contributed by atoms with van der Waals surface area (Å²) in [6.07, 6.45) is 1.04. The van der Waals surface area contributed by atoms with Gasteiger partial charge in [0.15, 0.2) is 0 Å². The summed E-state index contributed by atoms with van der Waals surface area (Å²) in [6.45, 7) is 9.79. The zero-order valence-electron chi connectivity index (χ0n) is 16.6. The molecule has 0 saturated heterocycles. The van der Waals surface area contributed by atoms with E-state index >= 15 is 0 Å². The summed E-state index contributed by atoms with van der Waals surface area (Å²) in [5.41, 5.74) is 1.04. The number of hydrogen-bond acceptors (Lipinski definition) is 3. The van der Waals surface area contributed by atoms with Crippen molar-refractivity contribution >= 4 is 17.5 Å². The average molecular weight is 368 g/mol. The highest BCUT2D eigenvalue weighted by atomic mass is 16.5. The Balaban J connectivity index is 2.13. The minimum Gasteiger partial charge on any atom is -0.491 e. The van der Waals surface area contributed by atoms with Gasteiger partial charge in [0.2, 0.25) is 0 Å². The molecule has 2 amide bonds. The van der Waals surface area contributed by atoms with Crippen molar-refractivity contribution in [1.82, 2.24) is 5.32 Å². The number of rotatable bonds is 6. The molecule has 0 aromatic heterocycles. The highest BCUT2D eigenvalue weighted by molar-refractivity contribution is 6.09. The first-order valence-electron chi connectivity index (χ1n) is 9.19. The molecular formula is C22H28N2O3. The van der Waals surface area contributed by atoms with Gasteiger partial charge in [-0.25, -0.2) is 0 Å². The number of benzene rings is 2. The SMILES string of the molecule is CCC(C)Oc1ccc(C(=O)Nc2ccccc2C(=O)NC(C)(C)C)cc1. The van der Waals surface area contributed by atoms with Crippen LogP contribution in [0.15, 0.2) is 48.5 Å². The molecule has 2 rings (SSSR count). The predicted molar refractivity (Wildman–Crippen MR) is 108 cm³/mol. The van der Waals surface area contributed by atoms with Crippen LogP contribution in [0.25, 0.3) is 0 Å². The molecule has 1 atom stereocenters. The average Bonchev–Trinajstić information content (AvgIpc) is 2.61. The van der Waals surface area contributed by atoms with E-state index in [0.717, 1.165) is 12.2 Å². The van der Waals surface area contributed by atoms with Crippen molar-refractivity contribution in [2.45, 2.75) is 52.7 Å². The molecule has 2 aromatic rings. The van der Waals surface area contributed by atoms with Gasteiger partial charge in [0.1, 0.15) is 5.75 Å². The number of carbonyl (C=O) groups excluding carboxylic acids is 2. The van der Waals surface area contributed by atoms with Gasteiger partial charge in [-0.3, -0.25) is 9.59 Å². The summed E-state index contributed by atoms with van der Waals surface area (Å²) in [6, 6.07) is 13.9. The van der Waals surface area contributed by atoms with Crippen LogP contribution in [-0.2, 0) is 0 Å². The molecule has 0 spiro atoms. The summed E-state index contributed by atoms with van der Waals surface area (Å²) >= 11 is 0. The smallest absolute Gasteiger partial charge is 0.255 e. The lowest BCUT2D eigenvalue weighted by atomic mass is 10.1. The number of anilines is 1. The minimum absolute atomic E-state index is 0.123. The largest absolute Gasteiger partial charge is 0.491 e. The Morgan fingerprint density at radius 2 is 1.63 bits per heavy atom. The number of carbonyl (C=O) groups is 2. The molecule has 0 aliphatic heterocycles. The molecule has 2 N–H and O–H groups in total. The monoisotopic (exact) mass is 368 g/mol. The Morgan fingerprint density at radius 3 is 2.22 bits per heavy atom. The third kappa shape index (κ3) is 6.13. The molecular weight excluding hydrogens is 340 g/mol. The topological polar surface area (TPSA) is 67.4 Å². The Hall–Kier alpha value is -2.82. The fourth-order valence-corrected chi connectivity index (χ4v) is 2.39. The lowest BCUT2D eigenvalue weighted by molar-refractivity contribution is 0.0920. The van der Waals surface area contributed by atoms with Gasteiger partial charge >= 0.3 is 0 Å². The number of amides is 2. The van der Waals surface area contributed by atoms with Gasteiger partial charge in [-0.15, -0.1) is 0 Å². The van der Waals surface area contributed by atoms with E-state index < -0.39 is 0 Å². The molecule has 0 aliphatic carbocycles. The van der Waals surface area contributed by atoms with Gasteiger partial charge < -0.3 is 15.4 Å². The van der Waals surface area contributed by atoms with E-state index in [0.29, 0.717) is 16.8 Å². The molecule has 5 nitrogen and oxygen atoms in total. The van der Waals surface area contributed by atoms with Gasteiger partial charge in [-0.1, -0.05) is 19.1 Å². The van der Waals surface area contributed by atoms with Crippen LogP contribution in [0.3, 0.4) is 0 Å². The first-order chi connectivity index (χ1) is 12.7. The fourth-order valence-electron chi connectivity index (χ4n) is 2.39. The van der Waals surface area contributed by atoms with Gasteiger partial charge in [0.05, 0.1) is 17.4 Å². The molecule has 144 valence electrons. The molecule has 0 heterocycles. The van der Waals surface area contributed by atoms with E-state index in [1.165, 1.54) is 0 Å².